The van der Waals surface area contributed by atoms with E-state index in [1.165, 1.54) is 19.1 Å². The third-order valence-electron chi connectivity index (χ3n) is 3.49. The normalized spacial score (nSPS) is 11.7. The van der Waals surface area contributed by atoms with Crippen LogP contribution in [0.3, 0.4) is 0 Å². The molecule has 0 aliphatic rings. The number of amides is 2. The van der Waals surface area contributed by atoms with E-state index in [1.807, 2.05) is 30.3 Å². The van der Waals surface area contributed by atoms with Crippen molar-refractivity contribution in [3.8, 4) is 0 Å². The highest BCUT2D eigenvalue weighted by atomic mass is 35.5. The lowest BCUT2D eigenvalue weighted by atomic mass is 10.2. The van der Waals surface area contributed by atoms with Gasteiger partial charge in [0.25, 0.3) is 5.91 Å². The predicted octanol–water partition coefficient (Wildman–Crippen LogP) is 3.18. The van der Waals surface area contributed by atoms with Crippen molar-refractivity contribution in [3.63, 3.8) is 0 Å². The van der Waals surface area contributed by atoms with Crippen molar-refractivity contribution in [2.75, 3.05) is 11.9 Å². The number of ether oxygens (including phenoxy) is 1. The summed E-state index contributed by atoms with van der Waals surface area (Å²) < 4.78 is 17.8. The maximum atomic E-state index is 13.0. The highest BCUT2D eigenvalue weighted by Gasteiger charge is 2.17. The van der Waals surface area contributed by atoms with Gasteiger partial charge in [0, 0.05) is 6.08 Å². The molecule has 28 heavy (non-hydrogen) atoms. The molecule has 0 fully saturated rings. The molecule has 2 amide bonds. The van der Waals surface area contributed by atoms with Crippen molar-refractivity contribution in [1.29, 1.82) is 0 Å². The average Bonchev–Trinajstić information content (AvgIpc) is 2.67. The SMILES string of the molecule is C[C@H](NC(=O)/C=C/c1ccccc1)C(=O)OCC(=O)Nc1ccc(F)cc1Cl. The molecule has 0 bridgehead atoms. The van der Waals surface area contributed by atoms with Crippen molar-refractivity contribution in [2.24, 2.45) is 0 Å². The molecule has 1 atom stereocenters. The van der Waals surface area contributed by atoms with Gasteiger partial charge in [-0.25, -0.2) is 9.18 Å². The number of benzene rings is 2. The number of carbonyl (C=O) groups excluding carboxylic acids is 3. The summed E-state index contributed by atoms with van der Waals surface area (Å²) in [5.74, 6) is -2.44. The molecule has 2 aromatic rings. The van der Waals surface area contributed by atoms with Crippen LogP contribution in [-0.4, -0.2) is 30.4 Å². The van der Waals surface area contributed by atoms with Gasteiger partial charge >= 0.3 is 5.97 Å². The summed E-state index contributed by atoms with van der Waals surface area (Å²) in [5, 5.41) is 4.86. The molecule has 2 rings (SSSR count). The van der Waals surface area contributed by atoms with E-state index in [0.29, 0.717) is 0 Å². The van der Waals surface area contributed by atoms with Crippen LogP contribution >= 0.6 is 11.6 Å². The predicted molar refractivity (Wildman–Crippen MR) is 104 cm³/mol. The molecular formula is C20H18ClFN2O4. The van der Waals surface area contributed by atoms with Gasteiger partial charge in [0.1, 0.15) is 11.9 Å². The standard InChI is InChI=1S/C20H18ClFN2O4/c1-13(23-18(25)10-7-14-5-3-2-4-6-14)20(27)28-12-19(26)24-17-9-8-15(22)11-16(17)21/h2-11,13H,12H2,1H3,(H,23,25)(H,24,26)/b10-7+/t13-/m0/s1. The van der Waals surface area contributed by atoms with Crippen molar-refractivity contribution in [2.45, 2.75) is 13.0 Å². The van der Waals surface area contributed by atoms with E-state index in [1.54, 1.807) is 6.08 Å². The zero-order chi connectivity index (χ0) is 20.5. The molecule has 8 heteroatoms. The molecule has 0 unspecified atom stereocenters. The van der Waals surface area contributed by atoms with Crippen molar-refractivity contribution in [3.05, 3.63) is 71.0 Å². The Balaban J connectivity index is 1.77. The van der Waals surface area contributed by atoms with Gasteiger partial charge in [-0.15, -0.1) is 0 Å². The zero-order valence-corrected chi connectivity index (χ0v) is 15.7. The largest absolute Gasteiger partial charge is 0.454 e. The zero-order valence-electron chi connectivity index (χ0n) is 14.9. The number of anilines is 1. The fourth-order valence-electron chi connectivity index (χ4n) is 2.10. The lowest BCUT2D eigenvalue weighted by Crippen LogP contribution is -2.39. The van der Waals surface area contributed by atoms with E-state index in [0.717, 1.165) is 17.7 Å². The number of carbonyl (C=O) groups is 3. The van der Waals surface area contributed by atoms with Crippen molar-refractivity contribution in [1.82, 2.24) is 5.32 Å². The maximum Gasteiger partial charge on any atom is 0.328 e. The quantitative estimate of drug-likeness (QED) is 0.548. The summed E-state index contributed by atoms with van der Waals surface area (Å²) in [5.41, 5.74) is 1.03. The van der Waals surface area contributed by atoms with Gasteiger partial charge in [-0.05, 0) is 36.8 Å². The molecule has 0 spiro atoms. The van der Waals surface area contributed by atoms with Gasteiger partial charge in [0.05, 0.1) is 10.7 Å². The number of hydrogen-bond donors (Lipinski definition) is 2. The number of nitrogens with one attached hydrogen (secondary N) is 2. The van der Waals surface area contributed by atoms with Crippen LogP contribution in [0, 0.1) is 5.82 Å². The van der Waals surface area contributed by atoms with E-state index in [4.69, 9.17) is 16.3 Å². The summed E-state index contributed by atoms with van der Waals surface area (Å²) >= 11 is 5.80. The second-order valence-electron chi connectivity index (χ2n) is 5.75. The van der Waals surface area contributed by atoms with Gasteiger partial charge < -0.3 is 15.4 Å². The molecule has 2 aromatic carbocycles. The number of halogens is 2. The highest BCUT2D eigenvalue weighted by Crippen LogP contribution is 2.22. The Morgan fingerprint density at radius 3 is 2.57 bits per heavy atom. The van der Waals surface area contributed by atoms with Gasteiger partial charge in [0.2, 0.25) is 5.91 Å². The second-order valence-corrected chi connectivity index (χ2v) is 6.16. The maximum absolute atomic E-state index is 13.0. The van der Waals surface area contributed by atoms with Crippen LogP contribution in [0.4, 0.5) is 10.1 Å². The average molecular weight is 405 g/mol. The fourth-order valence-corrected chi connectivity index (χ4v) is 2.31. The number of rotatable bonds is 7. The Hall–Kier alpha value is -3.19. The lowest BCUT2D eigenvalue weighted by Gasteiger charge is -2.12. The molecule has 6 nitrogen and oxygen atoms in total. The minimum absolute atomic E-state index is 0.0190. The lowest BCUT2D eigenvalue weighted by molar-refractivity contribution is -0.149. The monoisotopic (exact) mass is 404 g/mol. The van der Waals surface area contributed by atoms with Gasteiger partial charge in [-0.1, -0.05) is 41.9 Å². The first kappa shape index (κ1) is 21.1. The first-order valence-corrected chi connectivity index (χ1v) is 8.68. The Labute approximate surface area is 166 Å². The van der Waals surface area contributed by atoms with Crippen LogP contribution in [0.1, 0.15) is 12.5 Å². The van der Waals surface area contributed by atoms with Crippen LogP contribution < -0.4 is 10.6 Å². The molecule has 0 saturated heterocycles. The molecule has 0 radical (unpaired) electrons. The van der Waals surface area contributed by atoms with E-state index in [9.17, 15) is 18.8 Å². The van der Waals surface area contributed by atoms with Gasteiger partial charge in [-0.2, -0.15) is 0 Å². The van der Waals surface area contributed by atoms with Gasteiger partial charge in [0.15, 0.2) is 6.61 Å². The Kier molecular flexibility index (Phi) is 7.71. The molecule has 0 heterocycles. The number of hydrogen-bond acceptors (Lipinski definition) is 4. The van der Waals surface area contributed by atoms with Crippen LogP contribution in [0.25, 0.3) is 6.08 Å². The molecule has 0 aliphatic carbocycles. The summed E-state index contributed by atoms with van der Waals surface area (Å²) in [7, 11) is 0. The second kappa shape index (κ2) is 10.2. The molecule has 0 saturated carbocycles. The molecule has 146 valence electrons. The Morgan fingerprint density at radius 2 is 1.89 bits per heavy atom. The van der Waals surface area contributed by atoms with E-state index >= 15 is 0 Å². The Morgan fingerprint density at radius 1 is 1.18 bits per heavy atom. The molecule has 0 aliphatic heterocycles. The third-order valence-corrected chi connectivity index (χ3v) is 3.80. The van der Waals surface area contributed by atoms with E-state index in [-0.39, 0.29) is 10.7 Å². The minimum Gasteiger partial charge on any atom is -0.454 e. The van der Waals surface area contributed by atoms with Gasteiger partial charge in [-0.3, -0.25) is 9.59 Å². The Bertz CT molecular complexity index is 887. The van der Waals surface area contributed by atoms with Crippen molar-refractivity contribution >= 4 is 41.1 Å². The molecule has 2 N–H and O–H groups in total. The summed E-state index contributed by atoms with van der Waals surface area (Å²) in [4.78, 5) is 35.6. The van der Waals surface area contributed by atoms with Crippen LogP contribution in [-0.2, 0) is 19.1 Å². The molecule has 0 aromatic heterocycles. The van der Waals surface area contributed by atoms with Crippen LogP contribution in [0.15, 0.2) is 54.6 Å². The van der Waals surface area contributed by atoms with Crippen molar-refractivity contribution < 1.29 is 23.5 Å². The number of esters is 1. The van der Waals surface area contributed by atoms with E-state index in [2.05, 4.69) is 10.6 Å². The smallest absolute Gasteiger partial charge is 0.328 e. The summed E-state index contributed by atoms with van der Waals surface area (Å²) in [6, 6.07) is 11.7. The topological polar surface area (TPSA) is 84.5 Å². The van der Waals surface area contributed by atoms with E-state index < -0.39 is 36.2 Å². The summed E-state index contributed by atoms with van der Waals surface area (Å²) in [6.07, 6.45) is 2.90. The first-order valence-electron chi connectivity index (χ1n) is 8.30. The first-order chi connectivity index (χ1) is 13.3. The highest BCUT2D eigenvalue weighted by molar-refractivity contribution is 6.33. The van der Waals surface area contributed by atoms with Crippen LogP contribution in [0.2, 0.25) is 5.02 Å². The minimum atomic E-state index is -0.949. The molecular weight excluding hydrogens is 387 g/mol. The third kappa shape index (κ3) is 6.85. The fraction of sp³-hybridized carbons (Fsp3) is 0.150. The summed E-state index contributed by atoms with van der Waals surface area (Å²) in [6.45, 7) is 0.859. The van der Waals surface area contributed by atoms with Crippen LogP contribution in [0.5, 0.6) is 0 Å².